The van der Waals surface area contributed by atoms with Crippen molar-refractivity contribution in [2.24, 2.45) is 11.7 Å². The third kappa shape index (κ3) is 2.30. The molecule has 8 nitrogen and oxygen atoms in total. The average molecular weight is 391 g/mol. The molecule has 2 aliphatic heterocycles. The quantitative estimate of drug-likeness (QED) is 0.703. The van der Waals surface area contributed by atoms with Crippen LogP contribution in [-0.2, 0) is 0 Å². The van der Waals surface area contributed by atoms with Gasteiger partial charge in [-0.1, -0.05) is 0 Å². The lowest BCUT2D eigenvalue weighted by molar-refractivity contribution is 0.0989. The summed E-state index contributed by atoms with van der Waals surface area (Å²) < 4.78 is 15.1. The van der Waals surface area contributed by atoms with Crippen LogP contribution in [0.15, 0.2) is 36.7 Å². The minimum Gasteiger partial charge on any atom is -0.363 e. The summed E-state index contributed by atoms with van der Waals surface area (Å²) in [4.78, 5) is 18.5. The van der Waals surface area contributed by atoms with Crippen LogP contribution in [0.3, 0.4) is 0 Å². The summed E-state index contributed by atoms with van der Waals surface area (Å²) in [5.74, 6) is -0.333. The number of carbonyl (C=O) groups is 1. The Labute approximate surface area is 165 Å². The van der Waals surface area contributed by atoms with E-state index in [0.29, 0.717) is 23.3 Å². The number of rotatable bonds is 3. The van der Waals surface area contributed by atoms with E-state index in [-0.39, 0.29) is 17.8 Å². The topological polar surface area (TPSA) is 101 Å². The van der Waals surface area contributed by atoms with Gasteiger partial charge in [0.25, 0.3) is 5.91 Å². The van der Waals surface area contributed by atoms with Crippen molar-refractivity contribution in [2.45, 2.75) is 31.5 Å². The highest BCUT2D eigenvalue weighted by molar-refractivity contribution is 5.92. The van der Waals surface area contributed by atoms with E-state index in [1.54, 1.807) is 10.5 Å². The van der Waals surface area contributed by atoms with E-state index in [0.717, 1.165) is 29.8 Å². The number of nitrogens with two attached hydrogens (primary N) is 1. The van der Waals surface area contributed by atoms with Crippen molar-refractivity contribution < 1.29 is 9.18 Å². The van der Waals surface area contributed by atoms with Crippen molar-refractivity contribution in [1.82, 2.24) is 29.8 Å². The number of pyridine rings is 2. The molecule has 3 aromatic rings. The number of piperidine rings is 1. The normalized spacial score (nSPS) is 25.0. The lowest BCUT2D eigenvalue weighted by Crippen LogP contribution is -2.41. The van der Waals surface area contributed by atoms with E-state index in [4.69, 9.17) is 5.73 Å². The van der Waals surface area contributed by atoms with Gasteiger partial charge >= 0.3 is 0 Å². The van der Waals surface area contributed by atoms with Crippen LogP contribution >= 0.6 is 0 Å². The first-order chi connectivity index (χ1) is 14.1. The van der Waals surface area contributed by atoms with E-state index in [9.17, 15) is 9.18 Å². The van der Waals surface area contributed by atoms with Crippen LogP contribution in [0.1, 0.15) is 41.1 Å². The van der Waals surface area contributed by atoms with Gasteiger partial charge in [-0.3, -0.25) is 14.2 Å². The Morgan fingerprint density at radius 2 is 2.10 bits per heavy atom. The van der Waals surface area contributed by atoms with E-state index < -0.39 is 5.91 Å². The number of nitrogens with zero attached hydrogens (tertiary/aromatic N) is 5. The van der Waals surface area contributed by atoms with Crippen LogP contribution in [0.2, 0.25) is 0 Å². The van der Waals surface area contributed by atoms with Crippen LogP contribution in [0.4, 0.5) is 4.39 Å². The largest absolute Gasteiger partial charge is 0.363 e. The highest BCUT2D eigenvalue weighted by Gasteiger charge is 2.51. The number of aromatic nitrogens is 4. The second-order valence-electron chi connectivity index (χ2n) is 7.84. The van der Waals surface area contributed by atoms with Crippen LogP contribution in [0, 0.1) is 11.7 Å². The summed E-state index contributed by atoms with van der Waals surface area (Å²) in [6, 6.07) is 7.34. The molecule has 3 aromatic heterocycles. The molecule has 9 heteroatoms. The van der Waals surface area contributed by atoms with Crippen molar-refractivity contribution in [3.63, 3.8) is 0 Å². The van der Waals surface area contributed by atoms with E-state index in [1.165, 1.54) is 18.7 Å². The predicted molar refractivity (Wildman–Crippen MR) is 102 cm³/mol. The maximum atomic E-state index is 13.4. The highest BCUT2D eigenvalue weighted by Crippen LogP contribution is 2.50. The van der Waals surface area contributed by atoms with Crippen LogP contribution in [0.5, 0.6) is 0 Å². The van der Waals surface area contributed by atoms with Gasteiger partial charge in [-0.05, 0) is 49.4 Å². The molecule has 0 radical (unpaired) electrons. The molecule has 1 saturated carbocycles. The fourth-order valence-corrected chi connectivity index (χ4v) is 5.05. The molecule has 1 amide bonds. The molecule has 3 N–H and O–H groups in total. The van der Waals surface area contributed by atoms with Gasteiger partial charge in [0.15, 0.2) is 5.65 Å². The number of fused-ring (bicyclic) bond motifs is 6. The molecule has 5 heterocycles. The Hall–Kier alpha value is -3.49. The molecule has 2 bridgehead atoms. The number of primary amides is 1. The molecule has 1 saturated heterocycles. The summed E-state index contributed by atoms with van der Waals surface area (Å²) in [6.45, 7) is 0. The minimum atomic E-state index is -0.633. The summed E-state index contributed by atoms with van der Waals surface area (Å²) in [5, 5.41) is 11.5. The van der Waals surface area contributed by atoms with Crippen molar-refractivity contribution in [1.29, 1.82) is 0 Å². The van der Waals surface area contributed by atoms with Crippen LogP contribution in [0.25, 0.3) is 17.0 Å². The molecule has 2 fully saturated rings. The van der Waals surface area contributed by atoms with Gasteiger partial charge in [0.05, 0.1) is 23.3 Å². The van der Waals surface area contributed by atoms with Crippen molar-refractivity contribution in [2.75, 3.05) is 0 Å². The number of hydrogen-bond donors (Lipinski definition) is 2. The van der Waals surface area contributed by atoms with Gasteiger partial charge in [-0.2, -0.15) is 0 Å². The second-order valence-corrected chi connectivity index (χ2v) is 7.84. The zero-order valence-electron chi connectivity index (χ0n) is 15.4. The summed E-state index contributed by atoms with van der Waals surface area (Å²) in [7, 11) is 0. The van der Waals surface area contributed by atoms with Crippen molar-refractivity contribution in [3.05, 3.63) is 59.6 Å². The molecule has 6 rings (SSSR count). The van der Waals surface area contributed by atoms with Gasteiger partial charge < -0.3 is 16.0 Å². The molecule has 0 spiro atoms. The van der Waals surface area contributed by atoms with Gasteiger partial charge in [-0.25, -0.2) is 4.39 Å². The number of carbonyl (C=O) groups excluding carboxylic acids is 1. The van der Waals surface area contributed by atoms with Crippen molar-refractivity contribution >= 4 is 22.9 Å². The van der Waals surface area contributed by atoms with E-state index in [1.807, 2.05) is 18.3 Å². The molecule has 0 aromatic carbocycles. The fraction of sp³-hybridized carbons (Fsp3) is 0.300. The molecule has 29 heavy (non-hydrogen) atoms. The van der Waals surface area contributed by atoms with E-state index >= 15 is 0 Å². The third-order valence-electron chi connectivity index (χ3n) is 6.25. The number of amides is 1. The fourth-order valence-electron chi connectivity index (χ4n) is 5.05. The maximum Gasteiger partial charge on any atom is 0.287 e. The maximum absolute atomic E-state index is 13.4. The Morgan fingerprint density at radius 3 is 2.90 bits per heavy atom. The summed E-state index contributed by atoms with van der Waals surface area (Å²) in [6.07, 6.45) is 6.79. The monoisotopic (exact) mass is 391 g/mol. The van der Waals surface area contributed by atoms with Crippen LogP contribution < -0.4 is 11.1 Å². The first-order valence-electron chi connectivity index (χ1n) is 9.66. The van der Waals surface area contributed by atoms with Gasteiger partial charge in [-0.15, -0.1) is 10.2 Å². The Kier molecular flexibility index (Phi) is 3.27. The highest BCUT2D eigenvalue weighted by atomic mass is 19.1. The summed E-state index contributed by atoms with van der Waals surface area (Å²) in [5.41, 5.74) is 9.48. The zero-order valence-corrected chi connectivity index (χ0v) is 15.4. The van der Waals surface area contributed by atoms with Crippen molar-refractivity contribution in [3.8, 4) is 0 Å². The molecular weight excluding hydrogens is 373 g/mol. The third-order valence-corrected chi connectivity index (χ3v) is 6.25. The number of halogens is 1. The van der Waals surface area contributed by atoms with Gasteiger partial charge in [0.1, 0.15) is 12.0 Å². The average Bonchev–Trinajstić information content (AvgIpc) is 3.47. The lowest BCUT2D eigenvalue weighted by Gasteiger charge is -2.33. The molecule has 3 atom stereocenters. The Bertz CT molecular complexity index is 1190. The minimum absolute atomic E-state index is 0.0920. The standard InChI is InChI=1S/C20H18FN7O/c21-12-3-5-14(23-8-12)16-17(28-13-4-1-10(7-13)19(28)24-16)11-2-6-15-25-26-20(18(22)29)27(15)9-11/h2-3,5-6,8-10,13,19,24H,1,4,7H2,(H2,22,29). The summed E-state index contributed by atoms with van der Waals surface area (Å²) >= 11 is 0. The first-order valence-corrected chi connectivity index (χ1v) is 9.66. The molecular formula is C20H18FN7O. The smallest absolute Gasteiger partial charge is 0.287 e. The first kappa shape index (κ1) is 16.5. The van der Waals surface area contributed by atoms with Crippen LogP contribution in [-0.4, -0.2) is 42.6 Å². The van der Waals surface area contributed by atoms with E-state index in [2.05, 4.69) is 25.4 Å². The second kappa shape index (κ2) is 5.76. The number of nitrogens with one attached hydrogen (secondary N) is 1. The molecule has 1 aliphatic carbocycles. The molecule has 3 unspecified atom stereocenters. The SMILES string of the molecule is NC(=O)c1nnc2ccc(C3=C(c4ccc(F)cn4)NC4C5CCC(C5)N34)cn12. The molecule has 146 valence electrons. The number of hydrogen-bond acceptors (Lipinski definition) is 6. The molecule has 3 aliphatic rings. The lowest BCUT2D eigenvalue weighted by atomic mass is 10.1. The zero-order chi connectivity index (χ0) is 19.7. The Morgan fingerprint density at radius 1 is 1.21 bits per heavy atom. The van der Waals surface area contributed by atoms with Gasteiger partial charge in [0, 0.05) is 17.8 Å². The van der Waals surface area contributed by atoms with Gasteiger partial charge in [0.2, 0.25) is 5.82 Å². The Balaban J connectivity index is 1.56. The predicted octanol–water partition coefficient (Wildman–Crippen LogP) is 1.60.